The summed E-state index contributed by atoms with van der Waals surface area (Å²) in [6, 6.07) is 0. The first-order valence-corrected chi connectivity index (χ1v) is 6.09. The molecule has 0 atom stereocenters. The molecule has 0 aromatic rings. The van der Waals surface area contributed by atoms with E-state index in [2.05, 4.69) is 10.2 Å². The van der Waals surface area contributed by atoms with Crippen molar-refractivity contribution in [1.29, 1.82) is 0 Å². The molecule has 0 aromatic carbocycles. The van der Waals surface area contributed by atoms with E-state index < -0.39 is 11.8 Å². The van der Waals surface area contributed by atoms with Crippen LogP contribution in [0.5, 0.6) is 0 Å². The van der Waals surface area contributed by atoms with E-state index in [0.29, 0.717) is 19.7 Å². The summed E-state index contributed by atoms with van der Waals surface area (Å²) in [5.41, 5.74) is 0. The van der Waals surface area contributed by atoms with Crippen LogP contribution < -0.4 is 5.32 Å². The second-order valence-electron chi connectivity index (χ2n) is 4.19. The Morgan fingerprint density at radius 3 is 2.50 bits per heavy atom. The summed E-state index contributed by atoms with van der Waals surface area (Å²) in [4.78, 5) is 26.9. The minimum Gasteiger partial charge on any atom is -0.394 e. The lowest BCUT2D eigenvalue weighted by Crippen LogP contribution is -2.51. The highest BCUT2D eigenvalue weighted by molar-refractivity contribution is 6.35. The molecular formula is C11H21N3O4. The maximum absolute atomic E-state index is 11.7. The molecule has 0 saturated carbocycles. The van der Waals surface area contributed by atoms with Crippen LogP contribution in [0.1, 0.15) is 0 Å². The fourth-order valence-electron chi connectivity index (χ4n) is 1.63. The second kappa shape index (κ2) is 8.02. The van der Waals surface area contributed by atoms with Gasteiger partial charge in [0.2, 0.25) is 0 Å². The first-order valence-electron chi connectivity index (χ1n) is 6.09. The molecule has 0 spiro atoms. The van der Waals surface area contributed by atoms with Crippen molar-refractivity contribution in [3.8, 4) is 0 Å². The van der Waals surface area contributed by atoms with Gasteiger partial charge in [0, 0.05) is 32.7 Å². The Kier molecular flexibility index (Phi) is 6.63. The standard InChI is InChI=1S/C11H21N3O4/c1-13-3-5-14(6-4-13)11(17)10(16)12-2-8-18-9-7-15/h15H,2-9H2,1H3,(H,12,16). The Hall–Kier alpha value is -1.18. The normalized spacial score (nSPS) is 16.7. The molecular weight excluding hydrogens is 238 g/mol. The first kappa shape index (κ1) is 14.9. The van der Waals surface area contributed by atoms with Crippen molar-refractivity contribution in [2.24, 2.45) is 0 Å². The molecule has 1 saturated heterocycles. The predicted molar refractivity (Wildman–Crippen MR) is 65.0 cm³/mol. The highest BCUT2D eigenvalue weighted by Gasteiger charge is 2.24. The molecule has 1 rings (SSSR count). The molecule has 2 N–H and O–H groups in total. The van der Waals surface area contributed by atoms with Gasteiger partial charge in [0.15, 0.2) is 0 Å². The predicted octanol–water partition coefficient (Wildman–Crippen LogP) is -2.11. The van der Waals surface area contributed by atoms with E-state index in [4.69, 9.17) is 9.84 Å². The van der Waals surface area contributed by atoms with Crippen LogP contribution in [0.2, 0.25) is 0 Å². The van der Waals surface area contributed by atoms with Gasteiger partial charge in [-0.15, -0.1) is 0 Å². The third-order valence-electron chi connectivity index (χ3n) is 2.75. The molecule has 7 nitrogen and oxygen atoms in total. The smallest absolute Gasteiger partial charge is 0.311 e. The number of piperazine rings is 1. The minimum atomic E-state index is -0.591. The van der Waals surface area contributed by atoms with E-state index in [-0.39, 0.29) is 19.8 Å². The zero-order valence-electron chi connectivity index (χ0n) is 10.7. The van der Waals surface area contributed by atoms with Crippen LogP contribution in [0.25, 0.3) is 0 Å². The number of aliphatic hydroxyl groups is 1. The molecule has 0 radical (unpaired) electrons. The van der Waals surface area contributed by atoms with Gasteiger partial charge in [-0.25, -0.2) is 0 Å². The van der Waals surface area contributed by atoms with Gasteiger partial charge in [-0.1, -0.05) is 0 Å². The van der Waals surface area contributed by atoms with Crippen LogP contribution in [0.15, 0.2) is 0 Å². The van der Waals surface area contributed by atoms with Gasteiger partial charge in [0.05, 0.1) is 19.8 Å². The Labute approximate surface area is 107 Å². The lowest BCUT2D eigenvalue weighted by molar-refractivity contribution is -0.147. The zero-order valence-corrected chi connectivity index (χ0v) is 10.7. The maximum Gasteiger partial charge on any atom is 0.311 e. The van der Waals surface area contributed by atoms with Gasteiger partial charge in [0.25, 0.3) is 0 Å². The number of nitrogens with one attached hydrogen (secondary N) is 1. The number of carbonyl (C=O) groups is 2. The van der Waals surface area contributed by atoms with Crippen LogP contribution in [-0.4, -0.2) is 86.3 Å². The van der Waals surface area contributed by atoms with Gasteiger partial charge in [-0.2, -0.15) is 0 Å². The van der Waals surface area contributed by atoms with Crippen molar-refractivity contribution >= 4 is 11.8 Å². The van der Waals surface area contributed by atoms with Gasteiger partial charge in [-0.3, -0.25) is 9.59 Å². The average Bonchev–Trinajstić information content (AvgIpc) is 2.38. The van der Waals surface area contributed by atoms with Crippen LogP contribution in [0.4, 0.5) is 0 Å². The van der Waals surface area contributed by atoms with Crippen molar-refractivity contribution in [3.05, 3.63) is 0 Å². The van der Waals surface area contributed by atoms with Crippen molar-refractivity contribution in [3.63, 3.8) is 0 Å². The number of nitrogens with zero attached hydrogens (tertiary/aromatic N) is 2. The number of aliphatic hydroxyl groups excluding tert-OH is 1. The Morgan fingerprint density at radius 2 is 1.89 bits per heavy atom. The Bertz CT molecular complexity index is 277. The monoisotopic (exact) mass is 259 g/mol. The van der Waals surface area contributed by atoms with Crippen molar-refractivity contribution in [2.45, 2.75) is 0 Å². The van der Waals surface area contributed by atoms with Gasteiger partial charge >= 0.3 is 11.8 Å². The van der Waals surface area contributed by atoms with E-state index >= 15 is 0 Å². The number of rotatable bonds is 5. The summed E-state index contributed by atoms with van der Waals surface area (Å²) in [6.07, 6.45) is 0. The fourth-order valence-corrected chi connectivity index (χ4v) is 1.63. The van der Waals surface area contributed by atoms with Crippen LogP contribution >= 0.6 is 0 Å². The molecule has 2 amide bonds. The number of likely N-dealkylation sites (N-methyl/N-ethyl adjacent to an activating group) is 1. The highest BCUT2D eigenvalue weighted by Crippen LogP contribution is 1.99. The topological polar surface area (TPSA) is 82.1 Å². The maximum atomic E-state index is 11.7. The van der Waals surface area contributed by atoms with Crippen LogP contribution in [0, 0.1) is 0 Å². The molecule has 1 aliphatic heterocycles. The van der Waals surface area contributed by atoms with E-state index in [0.717, 1.165) is 13.1 Å². The van der Waals surface area contributed by atoms with Crippen molar-refractivity contribution in [1.82, 2.24) is 15.1 Å². The summed E-state index contributed by atoms with van der Waals surface area (Å²) >= 11 is 0. The first-order chi connectivity index (χ1) is 8.65. The van der Waals surface area contributed by atoms with Crippen LogP contribution in [-0.2, 0) is 14.3 Å². The summed E-state index contributed by atoms with van der Waals surface area (Å²) in [5, 5.41) is 11.0. The second-order valence-corrected chi connectivity index (χ2v) is 4.19. The minimum absolute atomic E-state index is 0.0474. The summed E-state index contributed by atoms with van der Waals surface area (Å²) < 4.78 is 4.98. The van der Waals surface area contributed by atoms with E-state index in [1.807, 2.05) is 7.05 Å². The van der Waals surface area contributed by atoms with Crippen molar-refractivity contribution < 1.29 is 19.4 Å². The SMILES string of the molecule is CN1CCN(C(=O)C(=O)NCCOCCO)CC1. The molecule has 1 aliphatic rings. The lowest BCUT2D eigenvalue weighted by Gasteiger charge is -2.31. The molecule has 18 heavy (non-hydrogen) atoms. The van der Waals surface area contributed by atoms with Crippen LogP contribution in [0.3, 0.4) is 0 Å². The molecule has 1 fully saturated rings. The number of ether oxygens (including phenoxy) is 1. The molecule has 0 bridgehead atoms. The highest BCUT2D eigenvalue weighted by atomic mass is 16.5. The molecule has 0 unspecified atom stereocenters. The number of carbonyl (C=O) groups excluding carboxylic acids is 2. The van der Waals surface area contributed by atoms with E-state index in [1.165, 1.54) is 0 Å². The summed E-state index contributed by atoms with van der Waals surface area (Å²) in [6.45, 7) is 3.52. The van der Waals surface area contributed by atoms with E-state index in [1.54, 1.807) is 4.90 Å². The van der Waals surface area contributed by atoms with Gasteiger partial charge in [-0.05, 0) is 7.05 Å². The summed E-state index contributed by atoms with van der Waals surface area (Å²) in [7, 11) is 1.99. The zero-order chi connectivity index (χ0) is 13.4. The third kappa shape index (κ3) is 4.99. The number of hydrogen-bond acceptors (Lipinski definition) is 5. The number of amides is 2. The summed E-state index contributed by atoms with van der Waals surface area (Å²) in [5.74, 6) is -1.07. The lowest BCUT2D eigenvalue weighted by atomic mass is 10.3. The van der Waals surface area contributed by atoms with Gasteiger partial charge < -0.3 is 25.0 Å². The Balaban J connectivity index is 2.18. The largest absolute Gasteiger partial charge is 0.394 e. The third-order valence-corrected chi connectivity index (χ3v) is 2.75. The van der Waals surface area contributed by atoms with E-state index in [9.17, 15) is 9.59 Å². The quantitative estimate of drug-likeness (QED) is 0.436. The average molecular weight is 259 g/mol. The Morgan fingerprint density at radius 1 is 1.22 bits per heavy atom. The number of hydrogen-bond donors (Lipinski definition) is 2. The van der Waals surface area contributed by atoms with Crippen molar-refractivity contribution in [2.75, 3.05) is 59.6 Å². The molecule has 0 aromatic heterocycles. The molecule has 0 aliphatic carbocycles. The van der Waals surface area contributed by atoms with Gasteiger partial charge in [0.1, 0.15) is 0 Å². The molecule has 7 heteroatoms. The fraction of sp³-hybridized carbons (Fsp3) is 0.818. The molecule has 104 valence electrons. The molecule has 1 heterocycles.